The van der Waals surface area contributed by atoms with Crippen molar-refractivity contribution in [3.63, 3.8) is 0 Å². The highest BCUT2D eigenvalue weighted by Gasteiger charge is 2.22. The van der Waals surface area contributed by atoms with Crippen molar-refractivity contribution in [3.05, 3.63) is 35.8 Å². The van der Waals surface area contributed by atoms with Gasteiger partial charge in [0.05, 0.1) is 11.1 Å². The fraction of sp³-hybridized carbons (Fsp3) is 0.429. The number of hydrogen-bond donors (Lipinski definition) is 1. The minimum atomic E-state index is -0.431. The summed E-state index contributed by atoms with van der Waals surface area (Å²) in [4.78, 5) is 0. The van der Waals surface area contributed by atoms with E-state index in [4.69, 9.17) is 5.73 Å². The molecule has 0 fully saturated rings. The van der Waals surface area contributed by atoms with Crippen LogP contribution in [0.2, 0.25) is 0 Å². The van der Waals surface area contributed by atoms with Gasteiger partial charge in [-0.15, -0.1) is 0 Å². The largest absolute Gasteiger partial charge is 0.340 e. The summed E-state index contributed by atoms with van der Waals surface area (Å²) in [5.41, 5.74) is 7.70. The number of aromatic nitrogens is 1. The van der Waals surface area contributed by atoms with E-state index in [1.807, 2.05) is 13.8 Å². The molecular formula is C14H19FN2. The van der Waals surface area contributed by atoms with Gasteiger partial charge in [0.1, 0.15) is 5.82 Å². The Morgan fingerprint density at radius 1 is 1.24 bits per heavy atom. The highest BCUT2D eigenvalue weighted by Crippen LogP contribution is 2.30. The number of rotatable bonds is 2. The van der Waals surface area contributed by atoms with Crippen LogP contribution in [-0.2, 0) is 5.54 Å². The van der Waals surface area contributed by atoms with Crippen molar-refractivity contribution >= 4 is 10.9 Å². The zero-order valence-electron chi connectivity index (χ0n) is 10.8. The van der Waals surface area contributed by atoms with Gasteiger partial charge in [-0.25, -0.2) is 4.39 Å². The van der Waals surface area contributed by atoms with Crippen LogP contribution in [0.1, 0.15) is 39.4 Å². The van der Waals surface area contributed by atoms with Crippen LogP contribution >= 0.6 is 0 Å². The topological polar surface area (TPSA) is 30.9 Å². The molecule has 0 aliphatic rings. The lowest BCUT2D eigenvalue weighted by Crippen LogP contribution is -2.32. The molecule has 0 bridgehead atoms. The van der Waals surface area contributed by atoms with Gasteiger partial charge in [-0.1, -0.05) is 0 Å². The molecule has 0 unspecified atom stereocenters. The molecule has 0 atom stereocenters. The first-order valence-corrected chi connectivity index (χ1v) is 5.90. The Labute approximate surface area is 101 Å². The van der Waals surface area contributed by atoms with E-state index in [2.05, 4.69) is 24.5 Å². The molecule has 17 heavy (non-hydrogen) atoms. The molecule has 2 nitrogen and oxygen atoms in total. The van der Waals surface area contributed by atoms with Crippen LogP contribution in [0.4, 0.5) is 4.39 Å². The Kier molecular flexibility index (Phi) is 2.74. The fourth-order valence-electron chi connectivity index (χ4n) is 2.25. The Morgan fingerprint density at radius 3 is 2.41 bits per heavy atom. The summed E-state index contributed by atoms with van der Waals surface area (Å²) in [7, 11) is 0. The maximum absolute atomic E-state index is 13.3. The van der Waals surface area contributed by atoms with Crippen LogP contribution in [0.5, 0.6) is 0 Å². The number of halogens is 1. The average molecular weight is 234 g/mol. The van der Waals surface area contributed by atoms with Gasteiger partial charge < -0.3 is 10.3 Å². The van der Waals surface area contributed by atoms with E-state index in [1.165, 1.54) is 6.07 Å². The highest BCUT2D eigenvalue weighted by molar-refractivity contribution is 5.82. The van der Waals surface area contributed by atoms with Crippen LogP contribution < -0.4 is 5.73 Å². The zero-order chi connectivity index (χ0) is 12.8. The van der Waals surface area contributed by atoms with Gasteiger partial charge in [0.25, 0.3) is 0 Å². The summed E-state index contributed by atoms with van der Waals surface area (Å²) in [5.74, 6) is -0.209. The van der Waals surface area contributed by atoms with E-state index in [-0.39, 0.29) is 11.9 Å². The minimum Gasteiger partial charge on any atom is -0.340 e. The first kappa shape index (κ1) is 12.1. The molecule has 0 saturated heterocycles. The van der Waals surface area contributed by atoms with E-state index in [9.17, 15) is 4.39 Å². The van der Waals surface area contributed by atoms with Crippen molar-refractivity contribution in [2.75, 3.05) is 0 Å². The Hall–Kier alpha value is -1.35. The first-order valence-electron chi connectivity index (χ1n) is 5.90. The second kappa shape index (κ2) is 3.84. The van der Waals surface area contributed by atoms with Crippen molar-refractivity contribution in [2.24, 2.45) is 5.73 Å². The summed E-state index contributed by atoms with van der Waals surface area (Å²) in [6.45, 7) is 8.10. The molecule has 0 saturated carbocycles. The van der Waals surface area contributed by atoms with E-state index in [1.54, 1.807) is 12.1 Å². The molecule has 2 N–H and O–H groups in total. The lowest BCUT2D eigenvalue weighted by molar-refractivity contribution is 0.473. The third-order valence-electron chi connectivity index (χ3n) is 2.98. The van der Waals surface area contributed by atoms with Gasteiger partial charge in [0, 0.05) is 17.1 Å². The molecule has 92 valence electrons. The molecule has 0 aliphatic heterocycles. The standard InChI is InChI=1S/C14H19FN2/c1-9(2)17-12-8-11(15)6-5-10(12)7-13(17)14(3,4)16/h5-9H,16H2,1-4H3. The molecule has 1 heterocycles. The van der Waals surface area contributed by atoms with Gasteiger partial charge in [-0.3, -0.25) is 0 Å². The molecule has 1 aromatic heterocycles. The maximum atomic E-state index is 13.3. The van der Waals surface area contributed by atoms with Crippen LogP contribution in [0, 0.1) is 5.82 Å². The summed E-state index contributed by atoms with van der Waals surface area (Å²) in [6, 6.07) is 7.17. The van der Waals surface area contributed by atoms with Crippen LogP contribution in [0.25, 0.3) is 10.9 Å². The van der Waals surface area contributed by atoms with Crippen LogP contribution in [0.15, 0.2) is 24.3 Å². The van der Waals surface area contributed by atoms with Gasteiger partial charge >= 0.3 is 0 Å². The number of fused-ring (bicyclic) bond motifs is 1. The second-order valence-corrected chi connectivity index (χ2v) is 5.42. The molecule has 2 rings (SSSR count). The predicted molar refractivity (Wildman–Crippen MR) is 69.5 cm³/mol. The smallest absolute Gasteiger partial charge is 0.125 e. The zero-order valence-corrected chi connectivity index (χ0v) is 10.8. The lowest BCUT2D eigenvalue weighted by Gasteiger charge is -2.24. The van der Waals surface area contributed by atoms with E-state index < -0.39 is 5.54 Å². The minimum absolute atomic E-state index is 0.209. The Bertz CT molecular complexity index is 547. The summed E-state index contributed by atoms with van der Waals surface area (Å²) >= 11 is 0. The van der Waals surface area contributed by atoms with Crippen LogP contribution in [0.3, 0.4) is 0 Å². The molecule has 0 radical (unpaired) electrons. The van der Waals surface area contributed by atoms with Crippen molar-refractivity contribution in [3.8, 4) is 0 Å². The highest BCUT2D eigenvalue weighted by atomic mass is 19.1. The normalized spacial score (nSPS) is 12.6. The van der Waals surface area contributed by atoms with E-state index in [0.29, 0.717) is 0 Å². The van der Waals surface area contributed by atoms with Crippen molar-refractivity contribution in [2.45, 2.75) is 39.3 Å². The monoisotopic (exact) mass is 234 g/mol. The first-order chi connectivity index (χ1) is 7.80. The Morgan fingerprint density at radius 2 is 1.88 bits per heavy atom. The molecule has 1 aromatic carbocycles. The quantitative estimate of drug-likeness (QED) is 0.846. The van der Waals surface area contributed by atoms with Gasteiger partial charge in [-0.05, 0) is 52.0 Å². The second-order valence-electron chi connectivity index (χ2n) is 5.42. The summed E-state index contributed by atoms with van der Waals surface area (Å²) < 4.78 is 15.5. The SMILES string of the molecule is CC(C)n1c(C(C)(C)N)cc2ccc(F)cc21. The molecule has 0 spiro atoms. The third kappa shape index (κ3) is 2.07. The van der Waals surface area contributed by atoms with E-state index in [0.717, 1.165) is 16.6 Å². The van der Waals surface area contributed by atoms with E-state index >= 15 is 0 Å². The number of nitrogens with two attached hydrogens (primary N) is 1. The number of benzene rings is 1. The summed E-state index contributed by atoms with van der Waals surface area (Å²) in [6.07, 6.45) is 0. The average Bonchev–Trinajstić information content (AvgIpc) is 2.55. The molecule has 2 aromatic rings. The molecule has 0 amide bonds. The van der Waals surface area contributed by atoms with Gasteiger partial charge in [0.15, 0.2) is 0 Å². The molecule has 0 aliphatic carbocycles. The van der Waals surface area contributed by atoms with Crippen molar-refractivity contribution in [1.82, 2.24) is 4.57 Å². The summed E-state index contributed by atoms with van der Waals surface area (Å²) in [5, 5.41) is 1.04. The Balaban J connectivity index is 2.81. The van der Waals surface area contributed by atoms with Gasteiger partial charge in [-0.2, -0.15) is 0 Å². The maximum Gasteiger partial charge on any atom is 0.125 e. The molecular weight excluding hydrogens is 215 g/mol. The molecule has 3 heteroatoms. The van der Waals surface area contributed by atoms with Gasteiger partial charge in [0.2, 0.25) is 0 Å². The van der Waals surface area contributed by atoms with Crippen molar-refractivity contribution in [1.29, 1.82) is 0 Å². The third-order valence-corrected chi connectivity index (χ3v) is 2.98. The van der Waals surface area contributed by atoms with Crippen molar-refractivity contribution < 1.29 is 4.39 Å². The predicted octanol–water partition coefficient (Wildman–Crippen LogP) is 3.56. The van der Waals surface area contributed by atoms with Crippen LogP contribution in [-0.4, -0.2) is 4.57 Å². The lowest BCUT2D eigenvalue weighted by atomic mass is 10.0. The number of nitrogens with zero attached hydrogens (tertiary/aromatic N) is 1. The fourth-order valence-corrected chi connectivity index (χ4v) is 2.25. The number of hydrogen-bond acceptors (Lipinski definition) is 1.